The number of amides is 3. The van der Waals surface area contributed by atoms with Gasteiger partial charge in [0.2, 0.25) is 0 Å². The standard InChI is InChI=1S/C24H30FN3O3/c1-17(2)14-28-22(29)24(26-23(28)30,13-18-4-3-5-21(25)12-18)20-6-9-27(10-7-20)15-19-8-11-31-16-19/h3-5,8,11-12,16-17,20H,6-7,9-10,13-15H2,1-2H3,(H,26,30). The zero-order valence-corrected chi connectivity index (χ0v) is 18.1. The molecule has 0 spiro atoms. The van der Waals surface area contributed by atoms with E-state index in [9.17, 15) is 14.0 Å². The molecule has 0 saturated carbocycles. The molecule has 31 heavy (non-hydrogen) atoms. The Bertz CT molecular complexity index is 922. The zero-order valence-electron chi connectivity index (χ0n) is 18.1. The molecule has 3 heterocycles. The van der Waals surface area contributed by atoms with Crippen molar-refractivity contribution >= 4 is 11.9 Å². The summed E-state index contributed by atoms with van der Waals surface area (Å²) >= 11 is 0. The van der Waals surface area contributed by atoms with Crippen molar-refractivity contribution in [3.8, 4) is 0 Å². The lowest BCUT2D eigenvalue weighted by Gasteiger charge is -2.41. The molecule has 2 aromatic rings. The van der Waals surface area contributed by atoms with Gasteiger partial charge in [0.1, 0.15) is 11.4 Å². The molecule has 2 aliphatic heterocycles. The van der Waals surface area contributed by atoms with E-state index in [4.69, 9.17) is 4.42 Å². The van der Waals surface area contributed by atoms with E-state index < -0.39 is 5.54 Å². The van der Waals surface area contributed by atoms with Crippen molar-refractivity contribution in [1.29, 1.82) is 0 Å². The average molecular weight is 428 g/mol. The van der Waals surface area contributed by atoms with Gasteiger partial charge in [-0.2, -0.15) is 0 Å². The Balaban J connectivity index is 1.56. The molecule has 1 N–H and O–H groups in total. The third-order valence-corrected chi connectivity index (χ3v) is 6.39. The first kappa shape index (κ1) is 21.6. The summed E-state index contributed by atoms with van der Waals surface area (Å²) < 4.78 is 19.0. The van der Waals surface area contributed by atoms with Gasteiger partial charge in [0.25, 0.3) is 5.91 Å². The Kier molecular flexibility index (Phi) is 6.14. The van der Waals surface area contributed by atoms with Gasteiger partial charge in [-0.25, -0.2) is 9.18 Å². The minimum absolute atomic E-state index is 0.00928. The number of likely N-dealkylation sites (tertiary alicyclic amines) is 1. The first-order valence-corrected chi connectivity index (χ1v) is 11.0. The highest BCUT2D eigenvalue weighted by molar-refractivity contribution is 6.07. The Morgan fingerprint density at radius 1 is 1.19 bits per heavy atom. The number of carbonyl (C=O) groups is 2. The van der Waals surface area contributed by atoms with Gasteiger partial charge in [0.05, 0.1) is 12.5 Å². The van der Waals surface area contributed by atoms with Crippen LogP contribution in [0, 0.1) is 17.7 Å². The quantitative estimate of drug-likeness (QED) is 0.683. The molecule has 0 bridgehead atoms. The van der Waals surface area contributed by atoms with E-state index in [-0.39, 0.29) is 29.6 Å². The predicted octanol–water partition coefficient (Wildman–Crippen LogP) is 3.82. The molecule has 1 aromatic heterocycles. The summed E-state index contributed by atoms with van der Waals surface area (Å²) in [5.41, 5.74) is 0.823. The Labute approximate surface area is 182 Å². The molecular formula is C24H30FN3O3. The number of piperidine rings is 1. The van der Waals surface area contributed by atoms with Crippen LogP contribution in [0.3, 0.4) is 0 Å². The van der Waals surface area contributed by atoms with Gasteiger partial charge >= 0.3 is 6.03 Å². The number of nitrogens with one attached hydrogen (secondary N) is 1. The van der Waals surface area contributed by atoms with Gasteiger partial charge in [0, 0.05) is 25.1 Å². The van der Waals surface area contributed by atoms with Gasteiger partial charge in [-0.3, -0.25) is 14.6 Å². The lowest BCUT2D eigenvalue weighted by molar-refractivity contribution is -0.134. The van der Waals surface area contributed by atoms with E-state index >= 15 is 0 Å². The minimum atomic E-state index is -1.03. The van der Waals surface area contributed by atoms with Crippen LogP contribution in [-0.4, -0.2) is 46.9 Å². The number of imide groups is 1. The Hall–Kier alpha value is -2.67. The number of benzene rings is 1. The van der Waals surface area contributed by atoms with Crippen molar-refractivity contribution in [3.63, 3.8) is 0 Å². The van der Waals surface area contributed by atoms with Crippen LogP contribution in [0.5, 0.6) is 0 Å². The van der Waals surface area contributed by atoms with E-state index in [2.05, 4.69) is 10.2 Å². The van der Waals surface area contributed by atoms with Gasteiger partial charge in [-0.15, -0.1) is 0 Å². The fourth-order valence-corrected chi connectivity index (χ4v) is 4.91. The smallest absolute Gasteiger partial charge is 0.325 e. The van der Waals surface area contributed by atoms with E-state index in [0.717, 1.165) is 43.6 Å². The molecule has 6 nitrogen and oxygen atoms in total. The number of rotatable bonds is 7. The monoisotopic (exact) mass is 427 g/mol. The molecule has 1 unspecified atom stereocenters. The molecular weight excluding hydrogens is 397 g/mol. The van der Waals surface area contributed by atoms with Crippen molar-refractivity contribution in [2.45, 2.75) is 45.2 Å². The topological polar surface area (TPSA) is 65.8 Å². The zero-order chi connectivity index (χ0) is 22.0. The maximum absolute atomic E-state index is 13.9. The Morgan fingerprint density at radius 2 is 1.97 bits per heavy atom. The van der Waals surface area contributed by atoms with Crippen LogP contribution in [0.4, 0.5) is 9.18 Å². The number of urea groups is 1. The van der Waals surface area contributed by atoms with E-state index in [1.54, 1.807) is 18.6 Å². The van der Waals surface area contributed by atoms with Crippen LogP contribution < -0.4 is 5.32 Å². The number of nitrogens with zero attached hydrogens (tertiary/aromatic N) is 2. The second-order valence-corrected chi connectivity index (χ2v) is 9.20. The largest absolute Gasteiger partial charge is 0.472 e. The minimum Gasteiger partial charge on any atom is -0.472 e. The maximum Gasteiger partial charge on any atom is 0.325 e. The van der Waals surface area contributed by atoms with E-state index in [1.807, 2.05) is 26.0 Å². The summed E-state index contributed by atoms with van der Waals surface area (Å²) in [4.78, 5) is 30.1. The van der Waals surface area contributed by atoms with Crippen LogP contribution in [0.25, 0.3) is 0 Å². The fraction of sp³-hybridized carbons (Fsp3) is 0.500. The summed E-state index contributed by atoms with van der Waals surface area (Å²) in [7, 11) is 0. The van der Waals surface area contributed by atoms with Crippen LogP contribution in [0.1, 0.15) is 37.8 Å². The molecule has 0 radical (unpaired) electrons. The molecule has 0 aliphatic carbocycles. The normalized spacial score (nSPS) is 23.0. The SMILES string of the molecule is CC(C)CN1C(=O)NC(Cc2cccc(F)c2)(C2CCN(Cc3ccoc3)CC2)C1=O. The average Bonchev–Trinajstić information content (AvgIpc) is 3.31. The van der Waals surface area contributed by atoms with Crippen LogP contribution in [0.15, 0.2) is 47.3 Å². The lowest BCUT2D eigenvalue weighted by atomic mass is 9.73. The summed E-state index contributed by atoms with van der Waals surface area (Å²) in [5.74, 6) is -0.344. The van der Waals surface area contributed by atoms with Crippen molar-refractivity contribution in [2.24, 2.45) is 11.8 Å². The number of halogens is 1. The van der Waals surface area contributed by atoms with Crippen molar-refractivity contribution in [1.82, 2.24) is 15.1 Å². The highest BCUT2D eigenvalue weighted by Gasteiger charge is 2.55. The molecule has 3 amide bonds. The van der Waals surface area contributed by atoms with Gasteiger partial charge in [0.15, 0.2) is 0 Å². The molecule has 1 aromatic carbocycles. The number of hydrogen-bond donors (Lipinski definition) is 1. The number of furan rings is 1. The summed E-state index contributed by atoms with van der Waals surface area (Å²) in [6.07, 6.45) is 5.30. The lowest BCUT2D eigenvalue weighted by Crippen LogP contribution is -2.57. The molecule has 1 atom stereocenters. The molecule has 4 rings (SSSR count). The van der Waals surface area contributed by atoms with E-state index in [1.165, 1.54) is 17.0 Å². The van der Waals surface area contributed by atoms with E-state index in [0.29, 0.717) is 13.0 Å². The van der Waals surface area contributed by atoms with Crippen LogP contribution >= 0.6 is 0 Å². The van der Waals surface area contributed by atoms with Crippen molar-refractivity contribution in [2.75, 3.05) is 19.6 Å². The maximum atomic E-state index is 13.9. The molecule has 2 fully saturated rings. The van der Waals surface area contributed by atoms with Gasteiger partial charge < -0.3 is 9.73 Å². The number of hydrogen-bond acceptors (Lipinski definition) is 4. The fourth-order valence-electron chi connectivity index (χ4n) is 4.91. The van der Waals surface area contributed by atoms with Crippen LogP contribution in [0.2, 0.25) is 0 Å². The third-order valence-electron chi connectivity index (χ3n) is 6.39. The first-order chi connectivity index (χ1) is 14.9. The molecule has 2 aliphatic rings. The highest BCUT2D eigenvalue weighted by Crippen LogP contribution is 2.37. The molecule has 166 valence electrons. The summed E-state index contributed by atoms with van der Waals surface area (Å²) in [6.45, 7) is 6.82. The highest BCUT2D eigenvalue weighted by atomic mass is 19.1. The third kappa shape index (κ3) is 4.51. The summed E-state index contributed by atoms with van der Waals surface area (Å²) in [5, 5.41) is 3.05. The number of carbonyl (C=O) groups excluding carboxylic acids is 2. The second-order valence-electron chi connectivity index (χ2n) is 9.20. The molecule has 7 heteroatoms. The van der Waals surface area contributed by atoms with Crippen molar-refractivity contribution < 1.29 is 18.4 Å². The summed E-state index contributed by atoms with van der Waals surface area (Å²) in [6, 6.07) is 7.95. The van der Waals surface area contributed by atoms with Crippen LogP contribution in [-0.2, 0) is 17.8 Å². The Morgan fingerprint density at radius 3 is 2.61 bits per heavy atom. The van der Waals surface area contributed by atoms with Crippen molar-refractivity contribution in [3.05, 3.63) is 59.8 Å². The predicted molar refractivity (Wildman–Crippen MR) is 115 cm³/mol. The van der Waals surface area contributed by atoms with Gasteiger partial charge in [-0.1, -0.05) is 26.0 Å². The first-order valence-electron chi connectivity index (χ1n) is 11.0. The second kappa shape index (κ2) is 8.83. The van der Waals surface area contributed by atoms with Gasteiger partial charge in [-0.05, 0) is 61.5 Å². The molecule has 2 saturated heterocycles.